The van der Waals surface area contributed by atoms with Crippen LogP contribution in [0.5, 0.6) is 0 Å². The number of furan rings is 1. The zero-order valence-electron chi connectivity index (χ0n) is 11.7. The van der Waals surface area contributed by atoms with Crippen LogP contribution >= 0.6 is 15.9 Å². The number of halogens is 1. The van der Waals surface area contributed by atoms with E-state index in [2.05, 4.69) is 39.8 Å². The van der Waals surface area contributed by atoms with Crippen LogP contribution in [0.2, 0.25) is 0 Å². The van der Waals surface area contributed by atoms with E-state index < -0.39 is 0 Å². The van der Waals surface area contributed by atoms with E-state index in [0.29, 0.717) is 0 Å². The van der Waals surface area contributed by atoms with E-state index in [-0.39, 0.29) is 0 Å². The molecule has 0 spiro atoms. The molecule has 2 heterocycles. The van der Waals surface area contributed by atoms with E-state index in [0.717, 1.165) is 42.0 Å². The number of hydrogen-bond donors (Lipinski definition) is 0. The van der Waals surface area contributed by atoms with Gasteiger partial charge in [0.1, 0.15) is 5.76 Å². The van der Waals surface area contributed by atoms with Gasteiger partial charge in [-0.15, -0.1) is 0 Å². The van der Waals surface area contributed by atoms with E-state index in [4.69, 9.17) is 4.42 Å². The summed E-state index contributed by atoms with van der Waals surface area (Å²) in [6, 6.07) is 3.94. The molecular formula is C14H20BrN3O. The number of aryl methyl sites for hydroxylation is 2. The quantitative estimate of drug-likeness (QED) is 0.816. The van der Waals surface area contributed by atoms with Crippen molar-refractivity contribution in [1.29, 1.82) is 0 Å². The Kier molecular flexibility index (Phi) is 4.82. The molecule has 2 aromatic rings. The zero-order chi connectivity index (χ0) is 13.8. The number of hydrogen-bond acceptors (Lipinski definition) is 3. The molecule has 19 heavy (non-hydrogen) atoms. The Morgan fingerprint density at radius 2 is 2.16 bits per heavy atom. The molecule has 0 saturated carbocycles. The third kappa shape index (κ3) is 3.28. The largest absolute Gasteiger partial charge is 0.468 e. The van der Waals surface area contributed by atoms with Gasteiger partial charge in [0, 0.05) is 13.6 Å². The summed E-state index contributed by atoms with van der Waals surface area (Å²) in [5, 5.41) is 4.53. The van der Waals surface area contributed by atoms with Crippen LogP contribution in [0.25, 0.3) is 0 Å². The maximum absolute atomic E-state index is 5.41. The van der Waals surface area contributed by atoms with Crippen LogP contribution in [0.3, 0.4) is 0 Å². The highest BCUT2D eigenvalue weighted by Gasteiger charge is 2.16. The van der Waals surface area contributed by atoms with E-state index in [9.17, 15) is 0 Å². The smallest absolute Gasteiger partial charge is 0.117 e. The average molecular weight is 326 g/mol. The predicted molar refractivity (Wildman–Crippen MR) is 78.8 cm³/mol. The van der Waals surface area contributed by atoms with E-state index in [1.807, 2.05) is 23.9 Å². The van der Waals surface area contributed by atoms with Crippen molar-refractivity contribution in [1.82, 2.24) is 14.7 Å². The van der Waals surface area contributed by atoms with Crippen molar-refractivity contribution >= 4 is 15.9 Å². The Bertz CT molecular complexity index is 519. The second-order valence-corrected chi connectivity index (χ2v) is 5.36. The van der Waals surface area contributed by atoms with Crippen molar-refractivity contribution in [2.24, 2.45) is 7.05 Å². The van der Waals surface area contributed by atoms with Gasteiger partial charge in [0.2, 0.25) is 0 Å². The number of nitrogens with zero attached hydrogens (tertiary/aromatic N) is 3. The molecule has 0 saturated heterocycles. The summed E-state index contributed by atoms with van der Waals surface area (Å²) in [5.74, 6) is 0.996. The zero-order valence-corrected chi connectivity index (χ0v) is 13.3. The Morgan fingerprint density at radius 1 is 1.37 bits per heavy atom. The SMILES string of the molecule is CCc1nn(C)c(CN(CC)Cc2ccco2)c1Br. The molecule has 0 radical (unpaired) electrons. The van der Waals surface area contributed by atoms with Gasteiger partial charge in [0.25, 0.3) is 0 Å². The van der Waals surface area contributed by atoms with Gasteiger partial charge in [-0.2, -0.15) is 5.10 Å². The monoisotopic (exact) mass is 325 g/mol. The Morgan fingerprint density at radius 3 is 2.68 bits per heavy atom. The molecule has 0 unspecified atom stereocenters. The molecule has 5 heteroatoms. The lowest BCUT2D eigenvalue weighted by atomic mass is 10.3. The van der Waals surface area contributed by atoms with Gasteiger partial charge in [0.05, 0.1) is 28.7 Å². The van der Waals surface area contributed by atoms with Crippen LogP contribution in [-0.4, -0.2) is 21.2 Å². The second kappa shape index (κ2) is 6.39. The van der Waals surface area contributed by atoms with Crippen LogP contribution < -0.4 is 0 Å². The van der Waals surface area contributed by atoms with Gasteiger partial charge in [0.15, 0.2) is 0 Å². The molecule has 0 bridgehead atoms. The fourth-order valence-electron chi connectivity index (χ4n) is 2.11. The molecule has 0 aliphatic rings. The van der Waals surface area contributed by atoms with Gasteiger partial charge < -0.3 is 4.42 Å². The molecule has 2 aromatic heterocycles. The minimum absolute atomic E-state index is 0.822. The average Bonchev–Trinajstić information content (AvgIpc) is 3.00. The van der Waals surface area contributed by atoms with Gasteiger partial charge in [-0.3, -0.25) is 9.58 Å². The highest BCUT2D eigenvalue weighted by Crippen LogP contribution is 2.23. The topological polar surface area (TPSA) is 34.2 Å². The molecule has 0 atom stereocenters. The number of aromatic nitrogens is 2. The maximum Gasteiger partial charge on any atom is 0.117 e. The lowest BCUT2D eigenvalue weighted by Gasteiger charge is -2.19. The third-order valence-corrected chi connectivity index (χ3v) is 4.20. The molecule has 0 aromatic carbocycles. The second-order valence-electron chi connectivity index (χ2n) is 4.57. The Labute approximate surface area is 122 Å². The van der Waals surface area contributed by atoms with E-state index in [1.54, 1.807) is 6.26 Å². The van der Waals surface area contributed by atoms with Crippen LogP contribution in [-0.2, 0) is 26.6 Å². The highest BCUT2D eigenvalue weighted by atomic mass is 79.9. The summed E-state index contributed by atoms with van der Waals surface area (Å²) in [5.41, 5.74) is 2.33. The van der Waals surface area contributed by atoms with Crippen molar-refractivity contribution in [3.63, 3.8) is 0 Å². The van der Waals surface area contributed by atoms with Crippen molar-refractivity contribution < 1.29 is 4.42 Å². The van der Waals surface area contributed by atoms with Gasteiger partial charge in [-0.05, 0) is 41.0 Å². The summed E-state index contributed by atoms with van der Waals surface area (Å²) in [7, 11) is 2.00. The Balaban J connectivity index is 2.12. The summed E-state index contributed by atoms with van der Waals surface area (Å²) >= 11 is 3.66. The summed E-state index contributed by atoms with van der Waals surface area (Å²) < 4.78 is 8.52. The summed E-state index contributed by atoms with van der Waals surface area (Å²) in [6.07, 6.45) is 2.66. The molecule has 0 aliphatic carbocycles. The fraction of sp³-hybridized carbons (Fsp3) is 0.500. The summed E-state index contributed by atoms with van der Waals surface area (Å²) in [4.78, 5) is 2.33. The maximum atomic E-state index is 5.41. The van der Waals surface area contributed by atoms with Gasteiger partial charge >= 0.3 is 0 Å². The Hall–Kier alpha value is -1.07. The first-order valence-corrected chi connectivity index (χ1v) is 7.40. The molecule has 0 N–H and O–H groups in total. The van der Waals surface area contributed by atoms with Crippen molar-refractivity contribution in [3.05, 3.63) is 40.0 Å². The van der Waals surface area contributed by atoms with E-state index >= 15 is 0 Å². The van der Waals surface area contributed by atoms with Crippen LogP contribution in [0.1, 0.15) is 31.0 Å². The van der Waals surface area contributed by atoms with E-state index in [1.165, 1.54) is 5.69 Å². The van der Waals surface area contributed by atoms with Crippen molar-refractivity contribution in [2.75, 3.05) is 6.54 Å². The molecule has 0 amide bonds. The van der Waals surface area contributed by atoms with Crippen LogP contribution in [0.15, 0.2) is 27.3 Å². The predicted octanol–water partition coefficient (Wildman–Crippen LogP) is 3.36. The molecule has 0 aliphatic heterocycles. The molecular weight excluding hydrogens is 306 g/mol. The first-order valence-electron chi connectivity index (χ1n) is 6.60. The molecule has 2 rings (SSSR count). The molecule has 0 fully saturated rings. The van der Waals surface area contributed by atoms with Gasteiger partial charge in [-0.1, -0.05) is 13.8 Å². The molecule has 104 valence electrons. The highest BCUT2D eigenvalue weighted by molar-refractivity contribution is 9.10. The van der Waals surface area contributed by atoms with Crippen LogP contribution in [0.4, 0.5) is 0 Å². The lowest BCUT2D eigenvalue weighted by Crippen LogP contribution is -2.23. The minimum atomic E-state index is 0.822. The van der Waals surface area contributed by atoms with Gasteiger partial charge in [-0.25, -0.2) is 0 Å². The summed E-state index contributed by atoms with van der Waals surface area (Å²) in [6.45, 7) is 6.94. The normalized spacial score (nSPS) is 11.4. The number of rotatable bonds is 6. The molecule has 4 nitrogen and oxygen atoms in total. The van der Waals surface area contributed by atoms with Crippen LogP contribution in [0, 0.1) is 0 Å². The standard InChI is InChI=1S/C14H20BrN3O/c1-4-12-14(15)13(17(3)16-12)10-18(5-2)9-11-7-6-8-19-11/h6-8H,4-5,9-10H2,1-3H3. The first kappa shape index (κ1) is 14.3. The van der Waals surface area contributed by atoms with Crippen molar-refractivity contribution in [3.8, 4) is 0 Å². The van der Waals surface area contributed by atoms with Crippen molar-refractivity contribution in [2.45, 2.75) is 33.4 Å². The third-order valence-electron chi connectivity index (χ3n) is 3.28. The minimum Gasteiger partial charge on any atom is -0.468 e. The lowest BCUT2D eigenvalue weighted by molar-refractivity contribution is 0.241. The fourth-order valence-corrected chi connectivity index (χ4v) is 2.85. The first-order chi connectivity index (χ1) is 9.15.